The number of para-hydroxylation sites is 1. The summed E-state index contributed by atoms with van der Waals surface area (Å²) < 4.78 is 6.62. The van der Waals surface area contributed by atoms with Crippen LogP contribution in [0, 0.1) is 0 Å². The van der Waals surface area contributed by atoms with E-state index >= 15 is 0 Å². The third-order valence-electron chi connectivity index (χ3n) is 13.4. The lowest BCUT2D eigenvalue weighted by molar-refractivity contribution is 0.669. The molecule has 12 rings (SSSR count). The van der Waals surface area contributed by atoms with E-state index in [0.29, 0.717) is 0 Å². The fourth-order valence-electron chi connectivity index (χ4n) is 10.6. The van der Waals surface area contributed by atoms with Gasteiger partial charge >= 0.3 is 0 Å². The topological polar surface area (TPSA) is 16.4 Å². The van der Waals surface area contributed by atoms with Crippen LogP contribution >= 0.6 is 0 Å². The van der Waals surface area contributed by atoms with Gasteiger partial charge in [-0.3, -0.25) is 0 Å². The molecule has 290 valence electrons. The molecule has 0 saturated heterocycles. The monoisotopic (exact) mass is 781 g/mol. The molecule has 2 aliphatic carbocycles. The van der Waals surface area contributed by atoms with Crippen LogP contribution in [0.1, 0.15) is 46.2 Å². The zero-order valence-corrected chi connectivity index (χ0v) is 33.9. The Hall–Kier alpha value is -7.42. The summed E-state index contributed by atoms with van der Waals surface area (Å²) in [5.41, 5.74) is 20.1. The van der Waals surface area contributed by atoms with E-state index in [1.807, 2.05) is 6.07 Å². The zero-order valence-electron chi connectivity index (χ0n) is 33.9. The van der Waals surface area contributed by atoms with E-state index in [1.165, 1.54) is 79.6 Å². The van der Waals surface area contributed by atoms with Gasteiger partial charge in [0.25, 0.3) is 0 Å². The highest BCUT2D eigenvalue weighted by molar-refractivity contribution is 6.06. The summed E-state index contributed by atoms with van der Waals surface area (Å²) in [5, 5.41) is 2.25. The number of hydrogen-bond acceptors (Lipinski definition) is 2. The molecule has 0 radical (unpaired) electrons. The molecule has 2 nitrogen and oxygen atoms in total. The maximum Gasteiger partial charge on any atom is 0.137 e. The van der Waals surface area contributed by atoms with E-state index in [2.05, 4.69) is 211 Å². The van der Waals surface area contributed by atoms with Crippen LogP contribution in [0.5, 0.6) is 0 Å². The summed E-state index contributed by atoms with van der Waals surface area (Å²) in [7, 11) is 0. The van der Waals surface area contributed by atoms with Gasteiger partial charge in [-0.15, -0.1) is 0 Å². The number of hydrogen-bond donors (Lipinski definition) is 0. The van der Waals surface area contributed by atoms with Crippen molar-refractivity contribution in [3.63, 3.8) is 0 Å². The highest BCUT2D eigenvalue weighted by Crippen LogP contribution is 2.59. The van der Waals surface area contributed by atoms with Crippen molar-refractivity contribution in [2.45, 2.75) is 31.1 Å². The van der Waals surface area contributed by atoms with E-state index in [4.69, 9.17) is 4.42 Å². The van der Waals surface area contributed by atoms with E-state index in [9.17, 15) is 0 Å². The molecule has 1 heterocycles. The van der Waals surface area contributed by atoms with E-state index in [1.54, 1.807) is 0 Å². The van der Waals surface area contributed by atoms with Crippen LogP contribution in [0.25, 0.3) is 55.3 Å². The van der Waals surface area contributed by atoms with Crippen molar-refractivity contribution in [2.24, 2.45) is 0 Å². The number of aryl methyl sites for hydroxylation is 1. The standard InChI is InChI=1S/C59H43NO/c1-4-17-40(18-5-1)41-31-33-45(34-32-41)60(46-35-36-51-50-27-13-15-30-57(50)61-58(51)37-46)56-39-55-52(38-53(56)48-28-16-20-42-19-10-11-25-47(42)48)49-26-12-14-29-54(49)59(55,43-21-6-2-7-22-43)44-23-8-3-9-24-44/h1-9,12-18,20-24,26-39H,10-11,19,25H2. The first kappa shape index (κ1) is 35.5. The fraction of sp³-hybridized carbons (Fsp3) is 0.0847. The number of fused-ring (bicyclic) bond motifs is 7. The number of rotatable bonds is 7. The Morgan fingerprint density at radius 1 is 0.393 bits per heavy atom. The van der Waals surface area contributed by atoms with Gasteiger partial charge in [0.05, 0.1) is 11.1 Å². The van der Waals surface area contributed by atoms with Crippen LogP contribution in [-0.4, -0.2) is 0 Å². The second-order valence-electron chi connectivity index (χ2n) is 16.6. The molecular formula is C59H43NO. The van der Waals surface area contributed by atoms with Crippen molar-refractivity contribution in [1.82, 2.24) is 0 Å². The molecule has 0 spiro atoms. The number of nitrogens with zero attached hydrogens (tertiary/aromatic N) is 1. The molecule has 61 heavy (non-hydrogen) atoms. The minimum Gasteiger partial charge on any atom is -0.456 e. The minimum atomic E-state index is -0.552. The lowest BCUT2D eigenvalue weighted by Crippen LogP contribution is -2.28. The largest absolute Gasteiger partial charge is 0.456 e. The summed E-state index contributed by atoms with van der Waals surface area (Å²) >= 11 is 0. The molecule has 0 amide bonds. The summed E-state index contributed by atoms with van der Waals surface area (Å²) in [6, 6.07) is 78.4. The number of furan rings is 1. The van der Waals surface area contributed by atoms with Crippen molar-refractivity contribution in [3.05, 3.63) is 246 Å². The average Bonchev–Trinajstić information content (AvgIpc) is 3.85. The fourth-order valence-corrected chi connectivity index (χ4v) is 10.6. The smallest absolute Gasteiger partial charge is 0.137 e. The zero-order chi connectivity index (χ0) is 40.3. The average molecular weight is 782 g/mol. The molecule has 0 bridgehead atoms. The second-order valence-corrected chi connectivity index (χ2v) is 16.6. The predicted octanol–water partition coefficient (Wildman–Crippen LogP) is 15.6. The van der Waals surface area contributed by atoms with E-state index in [-0.39, 0.29) is 0 Å². The van der Waals surface area contributed by atoms with Gasteiger partial charge < -0.3 is 9.32 Å². The molecule has 0 saturated carbocycles. The summed E-state index contributed by atoms with van der Waals surface area (Å²) in [5.74, 6) is 0. The Kier molecular flexibility index (Phi) is 8.38. The van der Waals surface area contributed by atoms with Crippen molar-refractivity contribution in [2.75, 3.05) is 4.90 Å². The third kappa shape index (κ3) is 5.63. The summed E-state index contributed by atoms with van der Waals surface area (Å²) in [4.78, 5) is 2.49. The minimum absolute atomic E-state index is 0.552. The first-order valence-corrected chi connectivity index (χ1v) is 21.6. The van der Waals surface area contributed by atoms with Gasteiger partial charge in [-0.1, -0.05) is 164 Å². The maximum absolute atomic E-state index is 6.62. The van der Waals surface area contributed by atoms with Gasteiger partial charge in [-0.05, 0) is 129 Å². The molecule has 10 aromatic rings. The van der Waals surface area contributed by atoms with Crippen molar-refractivity contribution in [1.29, 1.82) is 0 Å². The first-order chi connectivity index (χ1) is 30.3. The molecule has 2 aliphatic rings. The lowest BCUT2D eigenvalue weighted by Gasteiger charge is -2.35. The maximum atomic E-state index is 6.62. The molecule has 0 aliphatic heterocycles. The van der Waals surface area contributed by atoms with Crippen LogP contribution in [0.2, 0.25) is 0 Å². The number of anilines is 3. The molecule has 0 fully saturated rings. The van der Waals surface area contributed by atoms with E-state index in [0.717, 1.165) is 51.8 Å². The quantitative estimate of drug-likeness (QED) is 0.160. The van der Waals surface area contributed by atoms with Crippen molar-refractivity contribution in [3.8, 4) is 33.4 Å². The molecule has 1 aromatic heterocycles. The second kappa shape index (κ2) is 14.4. The van der Waals surface area contributed by atoms with E-state index < -0.39 is 5.41 Å². The van der Waals surface area contributed by atoms with Crippen LogP contribution in [0.3, 0.4) is 0 Å². The van der Waals surface area contributed by atoms with Gasteiger partial charge in [0, 0.05) is 33.8 Å². The lowest BCUT2D eigenvalue weighted by atomic mass is 9.67. The Bertz CT molecular complexity index is 3200. The first-order valence-electron chi connectivity index (χ1n) is 21.6. The van der Waals surface area contributed by atoms with Gasteiger partial charge in [-0.2, -0.15) is 0 Å². The Labute approximate surface area is 357 Å². The summed E-state index contributed by atoms with van der Waals surface area (Å²) in [6.45, 7) is 0. The molecule has 0 atom stereocenters. The molecule has 2 heteroatoms. The SMILES string of the molecule is c1ccc(-c2ccc(N(c3ccc4c(c3)oc3ccccc34)c3cc4c(cc3-c3cccc5c3CCCC5)-c3ccccc3C4(c3ccccc3)c3ccccc3)cc2)cc1. The van der Waals surface area contributed by atoms with Crippen molar-refractivity contribution >= 4 is 39.0 Å². The van der Waals surface area contributed by atoms with Crippen LogP contribution in [0.4, 0.5) is 17.1 Å². The molecule has 9 aromatic carbocycles. The van der Waals surface area contributed by atoms with Gasteiger partial charge in [0.15, 0.2) is 0 Å². The normalized spacial score (nSPS) is 13.8. The van der Waals surface area contributed by atoms with Gasteiger partial charge in [0.2, 0.25) is 0 Å². The highest BCUT2D eigenvalue weighted by Gasteiger charge is 2.47. The molecular weight excluding hydrogens is 739 g/mol. The van der Waals surface area contributed by atoms with Gasteiger partial charge in [0.1, 0.15) is 11.2 Å². The predicted molar refractivity (Wildman–Crippen MR) is 253 cm³/mol. The number of benzene rings is 9. The Balaban J connectivity index is 1.20. The Morgan fingerprint density at radius 3 is 1.80 bits per heavy atom. The van der Waals surface area contributed by atoms with Crippen molar-refractivity contribution < 1.29 is 4.42 Å². The third-order valence-corrected chi connectivity index (χ3v) is 13.4. The van der Waals surface area contributed by atoms with Gasteiger partial charge in [-0.25, -0.2) is 0 Å². The van der Waals surface area contributed by atoms with Crippen LogP contribution in [0.15, 0.2) is 217 Å². The molecule has 0 unspecified atom stereocenters. The molecule has 0 N–H and O–H groups in total. The Morgan fingerprint density at radius 2 is 1.02 bits per heavy atom. The summed E-state index contributed by atoms with van der Waals surface area (Å²) in [6.07, 6.45) is 4.62. The highest BCUT2D eigenvalue weighted by atomic mass is 16.3. The van der Waals surface area contributed by atoms with Crippen LogP contribution < -0.4 is 4.90 Å². The van der Waals surface area contributed by atoms with Crippen LogP contribution in [-0.2, 0) is 18.3 Å².